The fraction of sp³-hybridized carbons (Fsp3) is 0. The molecule has 0 aliphatic carbocycles. The van der Waals surface area contributed by atoms with E-state index >= 15 is 0 Å². The first-order valence-electron chi connectivity index (χ1n) is 14.7. The lowest BCUT2D eigenvalue weighted by Gasteiger charge is -2.18. The second kappa shape index (κ2) is 8.06. The topological polar surface area (TPSA) is 0 Å². The van der Waals surface area contributed by atoms with Crippen molar-refractivity contribution in [1.29, 1.82) is 0 Å². The molecule has 0 amide bonds. The second-order valence-electron chi connectivity index (χ2n) is 11.7. The van der Waals surface area contributed by atoms with Gasteiger partial charge >= 0.3 is 0 Å². The molecule has 0 N–H and O–H groups in total. The Morgan fingerprint density at radius 2 is 0.643 bits per heavy atom. The predicted octanol–water partition coefficient (Wildman–Crippen LogP) is 12.1. The molecule has 0 fully saturated rings. The van der Waals surface area contributed by atoms with Crippen molar-refractivity contribution in [3.63, 3.8) is 0 Å². The number of fused-ring (bicyclic) bond motifs is 17. The maximum absolute atomic E-state index is 2.48. The highest BCUT2D eigenvalue weighted by Crippen LogP contribution is 2.46. The van der Waals surface area contributed by atoms with E-state index in [0.29, 0.717) is 0 Å². The molecule has 0 aliphatic rings. The van der Waals surface area contributed by atoms with Crippen molar-refractivity contribution in [2.75, 3.05) is 0 Å². The lowest BCUT2D eigenvalue weighted by Crippen LogP contribution is -1.90. The van der Waals surface area contributed by atoms with E-state index in [1.165, 1.54) is 97.0 Å². The van der Waals surface area contributed by atoms with Crippen LogP contribution in [0, 0.1) is 0 Å². The van der Waals surface area contributed by atoms with Gasteiger partial charge in [0.05, 0.1) is 0 Å². The van der Waals surface area contributed by atoms with Crippen molar-refractivity contribution in [3.8, 4) is 0 Å². The van der Waals surface area contributed by atoms with Crippen LogP contribution in [-0.2, 0) is 0 Å². The van der Waals surface area contributed by atoms with Crippen LogP contribution in [0.3, 0.4) is 0 Å². The SMILES string of the molecule is c1ccc2c(c1)ccc1cc3c4ccc5ccc6ccccc6c5c4c4ccc5ccc6ccccc6c5c4c3cc12. The van der Waals surface area contributed by atoms with Crippen molar-refractivity contribution in [3.05, 3.63) is 146 Å². The summed E-state index contributed by atoms with van der Waals surface area (Å²) in [5.74, 6) is 0. The van der Waals surface area contributed by atoms with E-state index < -0.39 is 0 Å². The van der Waals surface area contributed by atoms with Crippen LogP contribution in [0.15, 0.2) is 146 Å². The van der Waals surface area contributed by atoms with Crippen LogP contribution in [0.5, 0.6) is 0 Å². The molecule has 42 heavy (non-hydrogen) atoms. The van der Waals surface area contributed by atoms with Crippen LogP contribution in [0.1, 0.15) is 0 Å². The Hall–Kier alpha value is -5.46. The summed E-state index contributed by atoms with van der Waals surface area (Å²) in [6, 6.07) is 54.4. The average molecular weight is 529 g/mol. The van der Waals surface area contributed by atoms with Gasteiger partial charge in [-0.2, -0.15) is 0 Å². The molecule has 0 nitrogen and oxygen atoms in total. The minimum atomic E-state index is 1.28. The molecule has 0 saturated carbocycles. The van der Waals surface area contributed by atoms with Crippen molar-refractivity contribution in [1.82, 2.24) is 0 Å². The molecule has 0 aromatic heterocycles. The summed E-state index contributed by atoms with van der Waals surface area (Å²) in [6.07, 6.45) is 0. The Labute approximate surface area is 242 Å². The largest absolute Gasteiger partial charge is 0.0616 e. The zero-order valence-corrected chi connectivity index (χ0v) is 22.9. The van der Waals surface area contributed by atoms with Gasteiger partial charge in [-0.05, 0) is 109 Å². The molecule has 0 heterocycles. The minimum Gasteiger partial charge on any atom is -0.0616 e. The first-order chi connectivity index (χ1) is 20.8. The summed E-state index contributed by atoms with van der Waals surface area (Å²) in [5, 5.41) is 23.6. The Kier molecular flexibility index (Phi) is 4.27. The van der Waals surface area contributed by atoms with Gasteiger partial charge in [0.2, 0.25) is 0 Å². The standard InChI is InChI=1S/C42H24/c1-4-10-31-25(7-1)15-18-30-23-37-34-21-19-28-16-13-26-8-2-5-11-32(26)39(28)41(34)35-22-20-29-17-14-27-9-3-6-12-33(27)40(29)42(35)38(37)24-36(30)31/h1-24H. The van der Waals surface area contributed by atoms with E-state index in [-0.39, 0.29) is 0 Å². The van der Waals surface area contributed by atoms with Crippen LogP contribution in [0.25, 0.3) is 97.0 Å². The fourth-order valence-corrected chi connectivity index (χ4v) is 7.67. The summed E-state index contributed by atoms with van der Waals surface area (Å²) in [5.41, 5.74) is 0. The molecule has 192 valence electrons. The van der Waals surface area contributed by atoms with Crippen LogP contribution in [0.4, 0.5) is 0 Å². The van der Waals surface area contributed by atoms with Crippen LogP contribution in [-0.4, -0.2) is 0 Å². The lowest BCUT2D eigenvalue weighted by molar-refractivity contribution is 1.78. The van der Waals surface area contributed by atoms with Crippen molar-refractivity contribution < 1.29 is 0 Å². The van der Waals surface area contributed by atoms with Gasteiger partial charge in [-0.1, -0.05) is 133 Å². The van der Waals surface area contributed by atoms with Gasteiger partial charge < -0.3 is 0 Å². The molecule has 0 atom stereocenters. The normalized spacial score (nSPS) is 12.3. The van der Waals surface area contributed by atoms with Gasteiger partial charge in [-0.15, -0.1) is 0 Å². The van der Waals surface area contributed by atoms with E-state index in [1.807, 2.05) is 0 Å². The molecule has 10 aromatic rings. The Morgan fingerprint density at radius 3 is 1.29 bits per heavy atom. The minimum absolute atomic E-state index is 1.28. The van der Waals surface area contributed by atoms with Gasteiger partial charge in [0.25, 0.3) is 0 Å². The fourth-order valence-electron chi connectivity index (χ4n) is 7.67. The third-order valence-corrected chi connectivity index (χ3v) is 9.53. The molecule has 0 aliphatic heterocycles. The Morgan fingerprint density at radius 1 is 0.190 bits per heavy atom. The highest BCUT2D eigenvalue weighted by molar-refractivity contribution is 6.41. The smallest absolute Gasteiger partial charge is 0.00137 e. The lowest BCUT2D eigenvalue weighted by atomic mass is 9.85. The van der Waals surface area contributed by atoms with Gasteiger partial charge in [-0.25, -0.2) is 0 Å². The van der Waals surface area contributed by atoms with Crippen molar-refractivity contribution in [2.24, 2.45) is 0 Å². The van der Waals surface area contributed by atoms with Gasteiger partial charge in [-0.3, -0.25) is 0 Å². The average Bonchev–Trinajstić information content (AvgIpc) is 3.06. The van der Waals surface area contributed by atoms with E-state index in [0.717, 1.165) is 0 Å². The van der Waals surface area contributed by atoms with Crippen molar-refractivity contribution >= 4 is 97.0 Å². The third-order valence-electron chi connectivity index (χ3n) is 9.53. The predicted molar refractivity (Wildman–Crippen MR) is 184 cm³/mol. The highest BCUT2D eigenvalue weighted by Gasteiger charge is 2.17. The number of hydrogen-bond acceptors (Lipinski definition) is 0. The molecular formula is C42H24. The number of rotatable bonds is 0. The van der Waals surface area contributed by atoms with Crippen LogP contribution in [0.2, 0.25) is 0 Å². The second-order valence-corrected chi connectivity index (χ2v) is 11.7. The highest BCUT2D eigenvalue weighted by atomic mass is 14.2. The van der Waals surface area contributed by atoms with Crippen LogP contribution < -0.4 is 0 Å². The summed E-state index contributed by atoms with van der Waals surface area (Å²) >= 11 is 0. The van der Waals surface area contributed by atoms with E-state index in [9.17, 15) is 0 Å². The van der Waals surface area contributed by atoms with E-state index in [2.05, 4.69) is 146 Å². The zero-order chi connectivity index (χ0) is 27.4. The summed E-state index contributed by atoms with van der Waals surface area (Å²) < 4.78 is 0. The van der Waals surface area contributed by atoms with Crippen LogP contribution >= 0.6 is 0 Å². The number of hydrogen-bond donors (Lipinski definition) is 0. The van der Waals surface area contributed by atoms with E-state index in [1.54, 1.807) is 0 Å². The maximum atomic E-state index is 2.48. The molecule has 0 spiro atoms. The summed E-state index contributed by atoms with van der Waals surface area (Å²) in [4.78, 5) is 0. The zero-order valence-electron chi connectivity index (χ0n) is 22.9. The molecular weight excluding hydrogens is 504 g/mol. The first-order valence-corrected chi connectivity index (χ1v) is 14.7. The molecule has 0 heteroatoms. The first kappa shape index (κ1) is 22.3. The number of benzene rings is 10. The van der Waals surface area contributed by atoms with Crippen molar-refractivity contribution in [2.45, 2.75) is 0 Å². The molecule has 10 rings (SSSR count). The van der Waals surface area contributed by atoms with Gasteiger partial charge in [0.15, 0.2) is 0 Å². The molecule has 0 radical (unpaired) electrons. The Bertz CT molecular complexity index is 2770. The summed E-state index contributed by atoms with van der Waals surface area (Å²) in [6.45, 7) is 0. The quantitative estimate of drug-likeness (QED) is 0.136. The van der Waals surface area contributed by atoms with Gasteiger partial charge in [0.1, 0.15) is 0 Å². The molecule has 0 unspecified atom stereocenters. The monoisotopic (exact) mass is 528 g/mol. The third kappa shape index (κ3) is 2.86. The maximum Gasteiger partial charge on any atom is -0.00137 e. The van der Waals surface area contributed by atoms with E-state index in [4.69, 9.17) is 0 Å². The molecule has 0 bridgehead atoms. The van der Waals surface area contributed by atoms with Gasteiger partial charge in [0, 0.05) is 0 Å². The summed E-state index contributed by atoms with van der Waals surface area (Å²) in [7, 11) is 0. The molecule has 10 aromatic carbocycles. The Balaban J connectivity index is 1.58. The molecule has 0 saturated heterocycles.